The first-order valence-electron chi connectivity index (χ1n) is 7.02. The molecule has 1 aliphatic heterocycles. The largest absolute Gasteiger partial charge is 0.489 e. The zero-order chi connectivity index (χ0) is 15.4. The third-order valence-corrected chi connectivity index (χ3v) is 3.36. The average molecular weight is 293 g/mol. The van der Waals surface area contributed by atoms with Gasteiger partial charge < -0.3 is 4.74 Å². The zero-order valence-electron chi connectivity index (χ0n) is 11.9. The maximum Gasteiger partial charge on any atom is 0.254 e. The van der Waals surface area contributed by atoms with Crippen LogP contribution in [0.1, 0.15) is 17.5 Å². The first-order chi connectivity index (χ1) is 10.7. The first-order valence-corrected chi connectivity index (χ1v) is 7.02. The van der Waals surface area contributed by atoms with E-state index in [0.29, 0.717) is 12.2 Å². The van der Waals surface area contributed by atoms with E-state index in [-0.39, 0.29) is 18.2 Å². The van der Waals surface area contributed by atoms with Gasteiger partial charge in [0.25, 0.3) is 5.91 Å². The lowest BCUT2D eigenvalue weighted by molar-refractivity contribution is -0.124. The van der Waals surface area contributed by atoms with Gasteiger partial charge in [-0.1, -0.05) is 42.5 Å². The van der Waals surface area contributed by atoms with Crippen LogP contribution in [0.15, 0.2) is 60.2 Å². The van der Waals surface area contributed by atoms with Crippen molar-refractivity contribution in [1.29, 1.82) is 0 Å². The Morgan fingerprint density at radius 2 is 1.73 bits per heavy atom. The van der Waals surface area contributed by atoms with Gasteiger partial charge in [-0.2, -0.15) is 0 Å². The lowest BCUT2D eigenvalue weighted by Gasteiger charge is -2.06. The Labute approximate surface area is 128 Å². The van der Waals surface area contributed by atoms with Crippen LogP contribution in [0.3, 0.4) is 0 Å². The van der Waals surface area contributed by atoms with Crippen LogP contribution in [0.5, 0.6) is 5.75 Å². The number of hydrogen-bond donors (Lipinski definition) is 1. The quantitative estimate of drug-likeness (QED) is 0.696. The number of carbonyl (C=O) groups excluding carboxylic acids is 2. The maximum absolute atomic E-state index is 11.5. The molecule has 3 rings (SSSR count). The Kier molecular flexibility index (Phi) is 4.01. The summed E-state index contributed by atoms with van der Waals surface area (Å²) < 4.78 is 5.70. The predicted octanol–water partition coefficient (Wildman–Crippen LogP) is 2.70. The molecule has 0 aliphatic carbocycles. The van der Waals surface area contributed by atoms with Crippen molar-refractivity contribution in [2.24, 2.45) is 0 Å². The molecule has 1 fully saturated rings. The Bertz CT molecular complexity index is 718. The fraction of sp³-hybridized carbons (Fsp3) is 0.111. The fourth-order valence-electron chi connectivity index (χ4n) is 2.22. The average Bonchev–Trinajstić information content (AvgIpc) is 2.85. The lowest BCUT2D eigenvalue weighted by atomic mass is 10.1. The van der Waals surface area contributed by atoms with E-state index in [1.54, 1.807) is 6.08 Å². The van der Waals surface area contributed by atoms with Gasteiger partial charge in [0.15, 0.2) is 0 Å². The minimum Gasteiger partial charge on any atom is -0.489 e. The number of carbonyl (C=O) groups is 2. The maximum atomic E-state index is 11.5. The van der Waals surface area contributed by atoms with Crippen molar-refractivity contribution in [2.75, 3.05) is 0 Å². The second-order valence-electron chi connectivity index (χ2n) is 5.07. The Balaban J connectivity index is 1.64. The summed E-state index contributed by atoms with van der Waals surface area (Å²) in [5.41, 5.74) is 2.46. The Hall–Kier alpha value is -2.88. The minimum atomic E-state index is -0.311. The van der Waals surface area contributed by atoms with Crippen molar-refractivity contribution in [3.05, 3.63) is 71.3 Å². The molecule has 2 aromatic rings. The minimum absolute atomic E-state index is 0.144. The van der Waals surface area contributed by atoms with Gasteiger partial charge in [0.1, 0.15) is 12.4 Å². The van der Waals surface area contributed by atoms with E-state index in [2.05, 4.69) is 5.32 Å². The summed E-state index contributed by atoms with van der Waals surface area (Å²) in [6, 6.07) is 17.4. The fourth-order valence-corrected chi connectivity index (χ4v) is 2.22. The van der Waals surface area contributed by atoms with Gasteiger partial charge >= 0.3 is 0 Å². The molecule has 1 aliphatic rings. The molecular formula is C18H15NO3. The molecule has 1 saturated heterocycles. The molecule has 22 heavy (non-hydrogen) atoms. The molecule has 110 valence electrons. The highest BCUT2D eigenvalue weighted by molar-refractivity contribution is 6.15. The second-order valence-corrected chi connectivity index (χ2v) is 5.07. The van der Waals surface area contributed by atoms with Crippen LogP contribution in [-0.2, 0) is 16.2 Å². The highest BCUT2D eigenvalue weighted by Gasteiger charge is 2.23. The first kappa shape index (κ1) is 14.1. The van der Waals surface area contributed by atoms with E-state index in [1.165, 1.54) is 0 Å². The highest BCUT2D eigenvalue weighted by atomic mass is 16.5. The number of ether oxygens (including phenoxy) is 1. The molecule has 0 aromatic heterocycles. The van der Waals surface area contributed by atoms with Crippen LogP contribution >= 0.6 is 0 Å². The van der Waals surface area contributed by atoms with Gasteiger partial charge in [0.05, 0.1) is 6.42 Å². The lowest BCUT2D eigenvalue weighted by Crippen LogP contribution is -2.19. The van der Waals surface area contributed by atoms with E-state index in [0.717, 1.165) is 16.9 Å². The second kappa shape index (κ2) is 6.26. The van der Waals surface area contributed by atoms with Crippen LogP contribution in [-0.4, -0.2) is 11.8 Å². The standard InChI is InChI=1S/C18H15NO3/c20-17-11-15(18(21)19-17)10-13-6-8-16(9-7-13)22-12-14-4-2-1-3-5-14/h1-10H,11-12H2,(H,19,20,21)/b15-10+. The van der Waals surface area contributed by atoms with Crippen molar-refractivity contribution in [2.45, 2.75) is 13.0 Å². The van der Waals surface area contributed by atoms with Crippen molar-refractivity contribution < 1.29 is 14.3 Å². The van der Waals surface area contributed by atoms with Crippen molar-refractivity contribution in [3.63, 3.8) is 0 Å². The number of nitrogens with one attached hydrogen (secondary N) is 1. The summed E-state index contributed by atoms with van der Waals surface area (Å²) >= 11 is 0. The van der Waals surface area contributed by atoms with Gasteiger partial charge in [-0.3, -0.25) is 14.9 Å². The summed E-state index contributed by atoms with van der Waals surface area (Å²) in [7, 11) is 0. The third kappa shape index (κ3) is 3.41. The number of hydrogen-bond acceptors (Lipinski definition) is 3. The number of amides is 2. The summed E-state index contributed by atoms with van der Waals surface area (Å²) in [6.07, 6.45) is 1.87. The van der Waals surface area contributed by atoms with Gasteiger partial charge in [0, 0.05) is 5.57 Å². The molecule has 0 unspecified atom stereocenters. The van der Waals surface area contributed by atoms with Gasteiger partial charge in [-0.15, -0.1) is 0 Å². The summed E-state index contributed by atoms with van der Waals surface area (Å²) in [5, 5.41) is 2.27. The zero-order valence-corrected chi connectivity index (χ0v) is 11.9. The number of rotatable bonds is 4. The van der Waals surface area contributed by atoms with Gasteiger partial charge in [-0.05, 0) is 29.3 Å². The van der Waals surface area contributed by atoms with Crippen LogP contribution in [0.4, 0.5) is 0 Å². The smallest absolute Gasteiger partial charge is 0.254 e. The molecule has 0 spiro atoms. The summed E-state index contributed by atoms with van der Waals surface area (Å²) in [4.78, 5) is 22.6. The predicted molar refractivity (Wildman–Crippen MR) is 83.0 cm³/mol. The molecule has 0 radical (unpaired) electrons. The highest BCUT2D eigenvalue weighted by Crippen LogP contribution is 2.18. The van der Waals surface area contributed by atoms with Gasteiger partial charge in [0.2, 0.25) is 5.91 Å². The topological polar surface area (TPSA) is 55.4 Å². The molecule has 1 N–H and O–H groups in total. The third-order valence-electron chi connectivity index (χ3n) is 3.36. The van der Waals surface area contributed by atoms with Crippen LogP contribution in [0, 0.1) is 0 Å². The molecule has 4 nitrogen and oxygen atoms in total. The molecule has 2 amide bonds. The molecule has 0 saturated carbocycles. The summed E-state index contributed by atoms with van der Waals surface area (Å²) in [5.74, 6) is 0.200. The van der Waals surface area contributed by atoms with Crippen LogP contribution in [0.25, 0.3) is 6.08 Å². The normalized spacial score (nSPS) is 15.9. The van der Waals surface area contributed by atoms with Crippen LogP contribution < -0.4 is 10.1 Å². The van der Waals surface area contributed by atoms with E-state index >= 15 is 0 Å². The number of imide groups is 1. The van der Waals surface area contributed by atoms with E-state index in [9.17, 15) is 9.59 Å². The monoisotopic (exact) mass is 293 g/mol. The van der Waals surface area contributed by atoms with Crippen molar-refractivity contribution in [3.8, 4) is 5.75 Å². The Morgan fingerprint density at radius 3 is 2.36 bits per heavy atom. The van der Waals surface area contributed by atoms with Crippen molar-refractivity contribution in [1.82, 2.24) is 5.32 Å². The molecule has 0 bridgehead atoms. The number of benzene rings is 2. The Morgan fingerprint density at radius 1 is 1.00 bits per heavy atom. The molecule has 4 heteroatoms. The summed E-state index contributed by atoms with van der Waals surface area (Å²) in [6.45, 7) is 0.512. The van der Waals surface area contributed by atoms with Crippen molar-refractivity contribution >= 4 is 17.9 Å². The molecule has 1 heterocycles. The SMILES string of the molecule is O=C1C/C(=C\c2ccc(OCc3ccccc3)cc2)C(=O)N1. The molecule has 0 atom stereocenters. The van der Waals surface area contributed by atoms with E-state index in [4.69, 9.17) is 4.74 Å². The van der Waals surface area contributed by atoms with E-state index in [1.807, 2.05) is 54.6 Å². The molecular weight excluding hydrogens is 278 g/mol. The molecule has 2 aromatic carbocycles. The van der Waals surface area contributed by atoms with Gasteiger partial charge in [-0.25, -0.2) is 0 Å². The van der Waals surface area contributed by atoms with Crippen LogP contribution in [0.2, 0.25) is 0 Å². The van der Waals surface area contributed by atoms with E-state index < -0.39 is 0 Å².